The van der Waals surface area contributed by atoms with Gasteiger partial charge in [-0.05, 0) is 38.3 Å². The average molecular weight is 449 g/mol. The largest absolute Gasteiger partial charge is 0.496 e. The fourth-order valence-corrected chi connectivity index (χ4v) is 4.77. The zero-order chi connectivity index (χ0) is 23.5. The maximum absolute atomic E-state index is 12.5. The number of aromatic nitrogens is 1. The summed E-state index contributed by atoms with van der Waals surface area (Å²) in [5.74, 6) is 2.05. The molecule has 1 aliphatic carbocycles. The first-order valence-electron chi connectivity index (χ1n) is 11.6. The number of nitriles is 1. The average Bonchev–Trinajstić information content (AvgIpc) is 3.67. The van der Waals surface area contributed by atoms with Crippen LogP contribution < -0.4 is 9.64 Å². The fourth-order valence-electron chi connectivity index (χ4n) is 4.77. The Balaban J connectivity index is 1.71. The van der Waals surface area contributed by atoms with E-state index in [0.717, 1.165) is 46.8 Å². The van der Waals surface area contributed by atoms with Crippen LogP contribution in [0.2, 0.25) is 0 Å². The highest BCUT2D eigenvalue weighted by atomic mass is 16.5. The van der Waals surface area contributed by atoms with E-state index in [1.165, 1.54) is 0 Å². The number of nitrogens with zero attached hydrogens (tertiary/aromatic N) is 4. The second-order valence-corrected chi connectivity index (χ2v) is 8.91. The molecule has 2 aromatic rings. The number of piperazine rings is 1. The van der Waals surface area contributed by atoms with Crippen LogP contribution in [-0.2, 0) is 9.53 Å². The summed E-state index contributed by atoms with van der Waals surface area (Å²) in [5.41, 5.74) is 4.61. The minimum absolute atomic E-state index is 0.0371. The van der Waals surface area contributed by atoms with E-state index in [-0.39, 0.29) is 11.9 Å². The van der Waals surface area contributed by atoms with Crippen molar-refractivity contribution >= 4 is 11.7 Å². The third-order valence-electron chi connectivity index (χ3n) is 6.68. The first kappa shape index (κ1) is 23.1. The number of methoxy groups -OCH3 is 2. The van der Waals surface area contributed by atoms with Gasteiger partial charge in [-0.1, -0.05) is 18.2 Å². The number of ether oxygens (including phenoxy) is 2. The molecule has 2 fully saturated rings. The summed E-state index contributed by atoms with van der Waals surface area (Å²) in [5, 5.41) is 10.1. The van der Waals surface area contributed by atoms with Crippen molar-refractivity contribution < 1.29 is 14.3 Å². The van der Waals surface area contributed by atoms with Crippen LogP contribution in [0, 0.1) is 18.3 Å². The van der Waals surface area contributed by atoms with Gasteiger partial charge >= 0.3 is 0 Å². The standard InChI is InChI=1S/C26H32N4O3/c1-17-16-29(12-13-30(17)23(31)11-14-32-3)26-21(15-27)18(2)24(25(28-26)19-9-10-19)20-7-5-6-8-22(20)33-4/h5-8,17,19H,9-14,16H2,1-4H3/t17-/m1/s1. The number of carbonyl (C=O) groups is 1. The van der Waals surface area contributed by atoms with Crippen molar-refractivity contribution in [1.82, 2.24) is 9.88 Å². The van der Waals surface area contributed by atoms with E-state index in [0.29, 0.717) is 44.1 Å². The van der Waals surface area contributed by atoms with Crippen LogP contribution in [0.15, 0.2) is 24.3 Å². The number of amides is 1. The van der Waals surface area contributed by atoms with E-state index in [1.54, 1.807) is 14.2 Å². The number of hydrogen-bond donors (Lipinski definition) is 0. The summed E-state index contributed by atoms with van der Waals surface area (Å²) in [6.45, 7) is 6.43. The van der Waals surface area contributed by atoms with Crippen LogP contribution in [0.25, 0.3) is 11.1 Å². The Hall–Kier alpha value is -3.11. The minimum Gasteiger partial charge on any atom is -0.496 e. The first-order chi connectivity index (χ1) is 16.0. The highest BCUT2D eigenvalue weighted by molar-refractivity contribution is 5.81. The van der Waals surface area contributed by atoms with Crippen LogP contribution in [0.1, 0.15) is 48.9 Å². The lowest BCUT2D eigenvalue weighted by Crippen LogP contribution is -2.54. The van der Waals surface area contributed by atoms with Crippen molar-refractivity contribution in [3.8, 4) is 22.9 Å². The van der Waals surface area contributed by atoms with E-state index in [2.05, 4.69) is 17.9 Å². The van der Waals surface area contributed by atoms with Crippen molar-refractivity contribution in [2.24, 2.45) is 0 Å². The molecular weight excluding hydrogens is 416 g/mol. The third-order valence-corrected chi connectivity index (χ3v) is 6.68. The van der Waals surface area contributed by atoms with Crippen LogP contribution in [0.3, 0.4) is 0 Å². The topological polar surface area (TPSA) is 78.7 Å². The molecule has 33 heavy (non-hydrogen) atoms. The molecule has 1 aromatic carbocycles. The van der Waals surface area contributed by atoms with Crippen molar-refractivity contribution in [1.29, 1.82) is 5.26 Å². The highest BCUT2D eigenvalue weighted by Crippen LogP contribution is 2.48. The number of pyridine rings is 1. The summed E-state index contributed by atoms with van der Waals surface area (Å²) in [7, 11) is 3.28. The molecule has 0 radical (unpaired) electrons. The van der Waals surface area contributed by atoms with Gasteiger partial charge in [0.1, 0.15) is 17.6 Å². The third kappa shape index (κ3) is 4.53. The SMILES string of the molecule is COCCC(=O)N1CCN(c2nc(C3CC3)c(-c3ccccc3OC)c(C)c2C#N)C[C@H]1C. The molecule has 0 spiro atoms. The van der Waals surface area contributed by atoms with E-state index in [9.17, 15) is 10.1 Å². The lowest BCUT2D eigenvalue weighted by molar-refractivity contribution is -0.134. The molecule has 1 atom stereocenters. The van der Waals surface area contributed by atoms with Gasteiger partial charge in [-0.25, -0.2) is 4.98 Å². The Morgan fingerprint density at radius 3 is 2.64 bits per heavy atom. The normalized spacial score (nSPS) is 18.2. The number of carbonyl (C=O) groups excluding carboxylic acids is 1. The summed E-state index contributed by atoms with van der Waals surface area (Å²) in [6, 6.07) is 10.4. The number of rotatable bonds is 7. The van der Waals surface area contributed by atoms with E-state index >= 15 is 0 Å². The van der Waals surface area contributed by atoms with Gasteiger partial charge in [-0.2, -0.15) is 5.26 Å². The van der Waals surface area contributed by atoms with Gasteiger partial charge in [0, 0.05) is 49.8 Å². The maximum atomic E-state index is 12.5. The van der Waals surface area contributed by atoms with Crippen molar-refractivity contribution in [2.45, 2.75) is 45.1 Å². The molecule has 1 aliphatic heterocycles. The molecule has 7 nitrogen and oxygen atoms in total. The molecular formula is C26H32N4O3. The molecule has 1 amide bonds. The lowest BCUT2D eigenvalue weighted by Gasteiger charge is -2.41. The molecule has 2 heterocycles. The van der Waals surface area contributed by atoms with Crippen LogP contribution >= 0.6 is 0 Å². The molecule has 7 heteroatoms. The van der Waals surface area contributed by atoms with Crippen molar-refractivity contribution in [3.63, 3.8) is 0 Å². The lowest BCUT2D eigenvalue weighted by atomic mass is 9.92. The second-order valence-electron chi connectivity index (χ2n) is 8.91. The second kappa shape index (κ2) is 9.80. The quantitative estimate of drug-likeness (QED) is 0.640. The van der Waals surface area contributed by atoms with Gasteiger partial charge in [-0.3, -0.25) is 4.79 Å². The van der Waals surface area contributed by atoms with Gasteiger partial charge in [-0.15, -0.1) is 0 Å². The molecule has 2 aliphatic rings. The predicted octanol–water partition coefficient (Wildman–Crippen LogP) is 3.89. The Bertz CT molecular complexity index is 1070. The van der Waals surface area contributed by atoms with Gasteiger partial charge < -0.3 is 19.3 Å². The predicted molar refractivity (Wildman–Crippen MR) is 128 cm³/mol. The van der Waals surface area contributed by atoms with Gasteiger partial charge in [0.15, 0.2) is 0 Å². The summed E-state index contributed by atoms with van der Waals surface area (Å²) < 4.78 is 10.7. The molecule has 0 bridgehead atoms. The number of anilines is 1. The zero-order valence-corrected chi connectivity index (χ0v) is 19.9. The van der Waals surface area contributed by atoms with Gasteiger partial charge in [0.2, 0.25) is 5.91 Å². The molecule has 174 valence electrons. The Labute approximate surface area is 195 Å². The molecule has 0 N–H and O–H groups in total. The smallest absolute Gasteiger partial charge is 0.225 e. The molecule has 4 rings (SSSR count). The first-order valence-corrected chi connectivity index (χ1v) is 11.6. The number of hydrogen-bond acceptors (Lipinski definition) is 6. The monoisotopic (exact) mass is 448 g/mol. The van der Waals surface area contributed by atoms with E-state index in [4.69, 9.17) is 14.5 Å². The summed E-state index contributed by atoms with van der Waals surface area (Å²) in [6.07, 6.45) is 2.61. The van der Waals surface area contributed by atoms with Crippen molar-refractivity contribution in [2.75, 3.05) is 45.4 Å². The van der Waals surface area contributed by atoms with Crippen LogP contribution in [-0.4, -0.2) is 62.3 Å². The number of para-hydroxylation sites is 1. The molecule has 1 saturated heterocycles. The Kier molecular flexibility index (Phi) is 6.85. The van der Waals surface area contributed by atoms with E-state index in [1.807, 2.05) is 36.1 Å². The minimum atomic E-state index is 0.0371. The number of benzene rings is 1. The summed E-state index contributed by atoms with van der Waals surface area (Å²) >= 11 is 0. The highest BCUT2D eigenvalue weighted by Gasteiger charge is 2.34. The zero-order valence-electron chi connectivity index (χ0n) is 19.9. The fraction of sp³-hybridized carbons (Fsp3) is 0.500. The Morgan fingerprint density at radius 2 is 2.00 bits per heavy atom. The van der Waals surface area contributed by atoms with Gasteiger partial charge in [0.05, 0.1) is 31.4 Å². The molecule has 0 unspecified atom stereocenters. The molecule has 1 saturated carbocycles. The van der Waals surface area contributed by atoms with E-state index < -0.39 is 0 Å². The summed E-state index contributed by atoms with van der Waals surface area (Å²) in [4.78, 5) is 21.8. The van der Waals surface area contributed by atoms with Crippen LogP contribution in [0.4, 0.5) is 5.82 Å². The van der Waals surface area contributed by atoms with Gasteiger partial charge in [0.25, 0.3) is 0 Å². The molecule has 1 aromatic heterocycles. The Morgan fingerprint density at radius 1 is 1.24 bits per heavy atom. The van der Waals surface area contributed by atoms with Crippen molar-refractivity contribution in [3.05, 3.63) is 41.1 Å². The maximum Gasteiger partial charge on any atom is 0.225 e. The van der Waals surface area contributed by atoms with Crippen LogP contribution in [0.5, 0.6) is 5.75 Å².